The van der Waals surface area contributed by atoms with Crippen LogP contribution in [0.1, 0.15) is 71.6 Å². The van der Waals surface area contributed by atoms with Gasteiger partial charge >= 0.3 is 0 Å². The number of hydrogen-bond donors (Lipinski definition) is 1. The van der Waals surface area contributed by atoms with Crippen molar-refractivity contribution in [2.75, 3.05) is 0 Å². The Balaban J connectivity index is 1.56. The Morgan fingerprint density at radius 3 is 2.58 bits per heavy atom. The van der Waals surface area contributed by atoms with Gasteiger partial charge in [0.2, 0.25) is 0 Å². The normalized spacial score (nSPS) is 53.9. The second kappa shape index (κ2) is 4.96. The molecular weight excluding hydrogens is 296 g/mol. The summed E-state index contributed by atoms with van der Waals surface area (Å²) in [5, 5.41) is 10.6. The van der Waals surface area contributed by atoms with Crippen molar-refractivity contribution >= 4 is 5.78 Å². The van der Waals surface area contributed by atoms with E-state index in [9.17, 15) is 9.90 Å². The van der Waals surface area contributed by atoms with Crippen LogP contribution in [-0.4, -0.2) is 17.0 Å². The minimum absolute atomic E-state index is 0.0829. The topological polar surface area (TPSA) is 37.3 Å². The van der Waals surface area contributed by atoms with Crippen molar-refractivity contribution in [3.63, 3.8) is 0 Å². The Labute approximate surface area is 146 Å². The minimum Gasteiger partial charge on any atom is -0.393 e. The van der Waals surface area contributed by atoms with Crippen molar-refractivity contribution in [1.82, 2.24) is 0 Å². The van der Waals surface area contributed by atoms with Crippen LogP contribution in [0.25, 0.3) is 0 Å². The molecule has 0 bridgehead atoms. The molecule has 5 aliphatic rings. The zero-order valence-corrected chi connectivity index (χ0v) is 15.3. The first-order chi connectivity index (χ1) is 11.4. The molecule has 7 unspecified atom stereocenters. The molecule has 4 saturated carbocycles. The molecule has 5 rings (SSSR count). The maximum absolute atomic E-state index is 12.2. The van der Waals surface area contributed by atoms with Crippen LogP contribution in [0.15, 0.2) is 11.6 Å². The molecule has 0 aliphatic heterocycles. The van der Waals surface area contributed by atoms with Gasteiger partial charge in [0, 0.05) is 6.42 Å². The molecule has 2 nitrogen and oxygen atoms in total. The lowest BCUT2D eigenvalue weighted by Gasteiger charge is -2.59. The number of allylic oxidation sites excluding steroid dienone is 1. The molecule has 0 aromatic carbocycles. The van der Waals surface area contributed by atoms with Crippen LogP contribution >= 0.6 is 0 Å². The van der Waals surface area contributed by atoms with Crippen molar-refractivity contribution < 1.29 is 9.90 Å². The minimum atomic E-state index is -0.0829. The van der Waals surface area contributed by atoms with Crippen LogP contribution in [0.5, 0.6) is 0 Å². The number of hydrogen-bond acceptors (Lipinski definition) is 2. The van der Waals surface area contributed by atoms with E-state index < -0.39 is 0 Å². The number of aliphatic hydroxyl groups excluding tert-OH is 1. The molecule has 0 spiro atoms. The molecule has 0 saturated heterocycles. The van der Waals surface area contributed by atoms with E-state index in [0.717, 1.165) is 37.0 Å². The average Bonchev–Trinajstić information content (AvgIpc) is 3.34. The Morgan fingerprint density at radius 1 is 1.04 bits per heavy atom. The highest BCUT2D eigenvalue weighted by Gasteiger charge is 2.61. The predicted octanol–water partition coefficient (Wildman–Crippen LogP) is 4.52. The van der Waals surface area contributed by atoms with Gasteiger partial charge in [0.1, 0.15) is 0 Å². The van der Waals surface area contributed by atoms with E-state index in [0.29, 0.717) is 17.6 Å². The van der Waals surface area contributed by atoms with Crippen LogP contribution in [0.3, 0.4) is 0 Å². The number of fused-ring (bicyclic) bond motifs is 5. The maximum Gasteiger partial charge on any atom is 0.155 e. The van der Waals surface area contributed by atoms with Crippen molar-refractivity contribution in [1.29, 1.82) is 0 Å². The van der Waals surface area contributed by atoms with Crippen LogP contribution < -0.4 is 0 Å². The standard InChI is InChI=1S/C22H32O2/c1-21-9-7-14(23)11-19(21)15(13-3-4-13)12-16-17-5-6-20(24)22(17,2)10-8-18(16)21/h11,13,15-18,20,24H,3-10,12H2,1-2H3. The van der Waals surface area contributed by atoms with Gasteiger partial charge in [-0.15, -0.1) is 0 Å². The van der Waals surface area contributed by atoms with Gasteiger partial charge in [-0.1, -0.05) is 19.4 Å². The molecule has 0 amide bonds. The fraction of sp³-hybridized carbons (Fsp3) is 0.864. The molecular formula is C22H32O2. The first-order valence-corrected chi connectivity index (χ1v) is 10.4. The van der Waals surface area contributed by atoms with Crippen molar-refractivity contribution in [2.24, 2.45) is 40.4 Å². The van der Waals surface area contributed by atoms with E-state index in [1.807, 2.05) is 0 Å². The number of carbonyl (C=O) groups excluding carboxylic acids is 1. The lowest BCUT2D eigenvalue weighted by molar-refractivity contribution is -0.119. The molecule has 4 fully saturated rings. The molecule has 132 valence electrons. The number of carbonyl (C=O) groups is 1. The molecule has 0 heterocycles. The fourth-order valence-corrected chi connectivity index (χ4v) is 7.61. The van der Waals surface area contributed by atoms with Crippen LogP contribution in [0, 0.1) is 40.4 Å². The summed E-state index contributed by atoms with van der Waals surface area (Å²) in [7, 11) is 0. The number of aliphatic hydroxyl groups is 1. The SMILES string of the molecule is CC12CCC(=O)C=C1C(C1CC1)CC1C2CCC2(C)C(O)CCC12. The van der Waals surface area contributed by atoms with Gasteiger partial charge in [0.05, 0.1) is 6.10 Å². The van der Waals surface area contributed by atoms with E-state index in [1.165, 1.54) is 38.5 Å². The first-order valence-electron chi connectivity index (χ1n) is 10.4. The zero-order chi connectivity index (χ0) is 16.7. The third kappa shape index (κ3) is 1.95. The van der Waals surface area contributed by atoms with Crippen LogP contribution in [0.4, 0.5) is 0 Å². The molecule has 7 atom stereocenters. The summed E-state index contributed by atoms with van der Waals surface area (Å²) < 4.78 is 0. The molecule has 2 heteroatoms. The van der Waals surface area contributed by atoms with Crippen molar-refractivity contribution in [2.45, 2.75) is 77.7 Å². The average molecular weight is 328 g/mol. The zero-order valence-electron chi connectivity index (χ0n) is 15.3. The lowest BCUT2D eigenvalue weighted by Crippen LogP contribution is -2.53. The van der Waals surface area contributed by atoms with E-state index in [4.69, 9.17) is 0 Å². The van der Waals surface area contributed by atoms with E-state index in [1.54, 1.807) is 5.57 Å². The third-order valence-electron chi connectivity index (χ3n) is 9.19. The van der Waals surface area contributed by atoms with E-state index in [-0.39, 0.29) is 16.9 Å². The van der Waals surface area contributed by atoms with Crippen molar-refractivity contribution in [3.05, 3.63) is 11.6 Å². The van der Waals surface area contributed by atoms with Gasteiger partial charge in [-0.05, 0) is 97.9 Å². The first kappa shape index (κ1) is 15.6. The second-order valence-electron chi connectivity index (χ2n) is 10.2. The lowest BCUT2D eigenvalue weighted by atomic mass is 9.45. The van der Waals surface area contributed by atoms with Crippen LogP contribution in [-0.2, 0) is 4.79 Å². The molecule has 0 radical (unpaired) electrons. The van der Waals surface area contributed by atoms with E-state index >= 15 is 0 Å². The summed E-state index contributed by atoms with van der Waals surface area (Å²) in [5.41, 5.74) is 1.97. The molecule has 0 aromatic rings. The quantitative estimate of drug-likeness (QED) is 0.768. The summed E-state index contributed by atoms with van der Waals surface area (Å²) in [6.45, 7) is 4.86. The maximum atomic E-state index is 12.2. The van der Waals surface area contributed by atoms with E-state index in [2.05, 4.69) is 19.9 Å². The van der Waals surface area contributed by atoms with Gasteiger partial charge < -0.3 is 5.11 Å². The number of rotatable bonds is 1. The number of ketones is 1. The Kier molecular flexibility index (Phi) is 3.23. The highest BCUT2D eigenvalue weighted by Crippen LogP contribution is 2.68. The van der Waals surface area contributed by atoms with Crippen molar-refractivity contribution in [3.8, 4) is 0 Å². The molecule has 24 heavy (non-hydrogen) atoms. The monoisotopic (exact) mass is 328 g/mol. The Hall–Kier alpha value is -0.630. The summed E-state index contributed by atoms with van der Waals surface area (Å²) in [4.78, 5) is 12.2. The largest absolute Gasteiger partial charge is 0.393 e. The summed E-state index contributed by atoms with van der Waals surface area (Å²) >= 11 is 0. The smallest absolute Gasteiger partial charge is 0.155 e. The summed E-state index contributed by atoms with van der Waals surface area (Å²) in [5.74, 6) is 4.13. The third-order valence-corrected chi connectivity index (χ3v) is 9.19. The highest BCUT2D eigenvalue weighted by atomic mass is 16.3. The van der Waals surface area contributed by atoms with Crippen LogP contribution in [0.2, 0.25) is 0 Å². The summed E-state index contributed by atoms with van der Waals surface area (Å²) in [6.07, 6.45) is 12.6. The van der Waals surface area contributed by atoms with Gasteiger partial charge in [-0.25, -0.2) is 0 Å². The molecule has 0 aromatic heterocycles. The highest BCUT2D eigenvalue weighted by molar-refractivity contribution is 5.91. The van der Waals surface area contributed by atoms with Gasteiger partial charge in [0.15, 0.2) is 5.78 Å². The Morgan fingerprint density at radius 2 is 1.83 bits per heavy atom. The second-order valence-corrected chi connectivity index (χ2v) is 10.2. The molecule has 1 N–H and O–H groups in total. The fourth-order valence-electron chi connectivity index (χ4n) is 7.61. The Bertz CT molecular complexity index is 603. The van der Waals surface area contributed by atoms with Gasteiger partial charge in [-0.3, -0.25) is 4.79 Å². The predicted molar refractivity (Wildman–Crippen MR) is 94.3 cm³/mol. The molecule has 5 aliphatic carbocycles. The van der Waals surface area contributed by atoms with Gasteiger partial charge in [0.25, 0.3) is 0 Å². The van der Waals surface area contributed by atoms with Gasteiger partial charge in [-0.2, -0.15) is 0 Å². The summed E-state index contributed by atoms with van der Waals surface area (Å²) in [6, 6.07) is 0.